The highest BCUT2D eigenvalue weighted by molar-refractivity contribution is 5.77. The molecular weight excluding hydrogens is 212 g/mol. The maximum atomic E-state index is 10.9. The third kappa shape index (κ3) is 3.03. The molecule has 86 valence electrons. The van der Waals surface area contributed by atoms with Gasteiger partial charge in [0, 0.05) is 12.1 Å². The quantitative estimate of drug-likeness (QED) is 0.583. The van der Waals surface area contributed by atoms with Gasteiger partial charge in [-0.3, -0.25) is 14.9 Å². The van der Waals surface area contributed by atoms with Crippen LogP contribution in [0.25, 0.3) is 0 Å². The Hall–Kier alpha value is -1.95. The van der Waals surface area contributed by atoms with Gasteiger partial charge < -0.3 is 10.4 Å². The average molecular weight is 224 g/mol. The Morgan fingerprint density at radius 1 is 1.50 bits per heavy atom. The van der Waals surface area contributed by atoms with E-state index in [0.29, 0.717) is 0 Å². The zero-order valence-corrected chi connectivity index (χ0v) is 8.71. The Morgan fingerprint density at radius 3 is 2.50 bits per heavy atom. The topological polar surface area (TPSA) is 92.5 Å². The van der Waals surface area contributed by atoms with Crippen molar-refractivity contribution >= 4 is 11.6 Å². The van der Waals surface area contributed by atoms with Gasteiger partial charge in [0.1, 0.15) is 6.61 Å². The van der Waals surface area contributed by atoms with E-state index < -0.39 is 17.4 Å². The predicted octanol–water partition coefficient (Wildman–Crippen LogP) is 0.764. The molecule has 16 heavy (non-hydrogen) atoms. The van der Waals surface area contributed by atoms with Gasteiger partial charge >= 0.3 is 0 Å². The molecule has 0 aliphatic rings. The molecule has 0 saturated heterocycles. The SMILES string of the molecule is CC(NC(=O)CO)c1ccc([N+](=O)[O-])cc1. The summed E-state index contributed by atoms with van der Waals surface area (Å²) in [6.07, 6.45) is 0. The third-order valence-electron chi connectivity index (χ3n) is 2.13. The number of benzene rings is 1. The number of nitrogens with one attached hydrogen (secondary N) is 1. The molecule has 0 aliphatic carbocycles. The number of aliphatic hydroxyl groups excluding tert-OH is 1. The molecule has 0 saturated carbocycles. The molecule has 0 fully saturated rings. The zero-order valence-electron chi connectivity index (χ0n) is 8.71. The van der Waals surface area contributed by atoms with Gasteiger partial charge in [0.05, 0.1) is 11.0 Å². The molecule has 0 spiro atoms. The molecule has 1 aromatic rings. The molecule has 6 heteroatoms. The van der Waals surface area contributed by atoms with E-state index >= 15 is 0 Å². The molecule has 1 unspecified atom stereocenters. The first-order valence-electron chi connectivity index (χ1n) is 4.69. The smallest absolute Gasteiger partial charge is 0.269 e. The number of aliphatic hydroxyl groups is 1. The van der Waals surface area contributed by atoms with Crippen LogP contribution in [-0.2, 0) is 4.79 Å². The number of hydrogen-bond acceptors (Lipinski definition) is 4. The second-order valence-electron chi connectivity index (χ2n) is 3.30. The highest BCUT2D eigenvalue weighted by atomic mass is 16.6. The molecule has 1 amide bonds. The van der Waals surface area contributed by atoms with Crippen LogP contribution in [0, 0.1) is 10.1 Å². The lowest BCUT2D eigenvalue weighted by molar-refractivity contribution is -0.384. The summed E-state index contributed by atoms with van der Waals surface area (Å²) < 4.78 is 0. The van der Waals surface area contributed by atoms with E-state index in [1.807, 2.05) is 0 Å². The van der Waals surface area contributed by atoms with Crippen molar-refractivity contribution < 1.29 is 14.8 Å². The maximum Gasteiger partial charge on any atom is 0.269 e. The second-order valence-corrected chi connectivity index (χ2v) is 3.30. The summed E-state index contributed by atoms with van der Waals surface area (Å²) in [5.41, 5.74) is 0.747. The number of hydrogen-bond donors (Lipinski definition) is 2. The van der Waals surface area contributed by atoms with E-state index in [4.69, 9.17) is 5.11 Å². The van der Waals surface area contributed by atoms with E-state index in [-0.39, 0.29) is 11.7 Å². The molecule has 0 bridgehead atoms. The number of nitrogens with zero attached hydrogens (tertiary/aromatic N) is 1. The summed E-state index contributed by atoms with van der Waals surface area (Å²) in [6, 6.07) is 5.59. The average Bonchev–Trinajstić information content (AvgIpc) is 2.28. The normalized spacial score (nSPS) is 11.9. The highest BCUT2D eigenvalue weighted by Gasteiger charge is 2.10. The van der Waals surface area contributed by atoms with Crippen molar-refractivity contribution in [3.05, 3.63) is 39.9 Å². The van der Waals surface area contributed by atoms with Crippen LogP contribution in [-0.4, -0.2) is 22.5 Å². The second kappa shape index (κ2) is 5.22. The first-order chi connectivity index (χ1) is 7.54. The summed E-state index contributed by atoms with van der Waals surface area (Å²) in [5, 5.41) is 21.5. The third-order valence-corrected chi connectivity index (χ3v) is 2.13. The molecular formula is C10H12N2O4. The first kappa shape index (κ1) is 12.1. The summed E-state index contributed by atoms with van der Waals surface area (Å²) >= 11 is 0. The summed E-state index contributed by atoms with van der Waals surface area (Å²) in [5.74, 6) is -0.481. The molecule has 0 radical (unpaired) electrons. The van der Waals surface area contributed by atoms with Crippen molar-refractivity contribution in [3.8, 4) is 0 Å². The molecule has 1 rings (SSSR count). The molecule has 6 nitrogen and oxygen atoms in total. The van der Waals surface area contributed by atoms with Crippen LogP contribution < -0.4 is 5.32 Å². The number of nitro groups is 1. The van der Waals surface area contributed by atoms with Gasteiger partial charge in [-0.1, -0.05) is 12.1 Å². The largest absolute Gasteiger partial charge is 0.387 e. The van der Waals surface area contributed by atoms with Gasteiger partial charge in [-0.05, 0) is 12.5 Å². The molecule has 1 atom stereocenters. The van der Waals surface area contributed by atoms with Gasteiger partial charge in [0.15, 0.2) is 0 Å². The van der Waals surface area contributed by atoms with Crippen LogP contribution in [0.5, 0.6) is 0 Å². The van der Waals surface area contributed by atoms with E-state index in [1.54, 1.807) is 19.1 Å². The van der Waals surface area contributed by atoms with Crippen LogP contribution >= 0.6 is 0 Å². The summed E-state index contributed by atoms with van der Waals surface area (Å²) in [7, 11) is 0. The van der Waals surface area contributed by atoms with E-state index in [0.717, 1.165) is 5.56 Å². The number of nitro benzene ring substituents is 1. The minimum absolute atomic E-state index is 0.00411. The Balaban J connectivity index is 2.73. The van der Waals surface area contributed by atoms with Crippen LogP contribution in [0.1, 0.15) is 18.5 Å². The fourth-order valence-electron chi connectivity index (χ4n) is 1.26. The minimum atomic E-state index is -0.572. The lowest BCUT2D eigenvalue weighted by atomic mass is 10.1. The Bertz CT molecular complexity index is 388. The summed E-state index contributed by atoms with van der Waals surface area (Å²) in [4.78, 5) is 20.8. The van der Waals surface area contributed by atoms with Crippen LogP contribution in [0.3, 0.4) is 0 Å². The summed E-state index contributed by atoms with van der Waals surface area (Å²) in [6.45, 7) is 1.16. The van der Waals surface area contributed by atoms with E-state index in [1.165, 1.54) is 12.1 Å². The van der Waals surface area contributed by atoms with Gasteiger partial charge in [-0.2, -0.15) is 0 Å². The fraction of sp³-hybridized carbons (Fsp3) is 0.300. The first-order valence-corrected chi connectivity index (χ1v) is 4.69. The number of rotatable bonds is 4. The van der Waals surface area contributed by atoms with E-state index in [9.17, 15) is 14.9 Å². The van der Waals surface area contributed by atoms with Crippen molar-refractivity contribution in [1.82, 2.24) is 5.32 Å². The fourth-order valence-corrected chi connectivity index (χ4v) is 1.26. The van der Waals surface area contributed by atoms with Crippen molar-refractivity contribution in [2.24, 2.45) is 0 Å². The monoisotopic (exact) mass is 224 g/mol. The van der Waals surface area contributed by atoms with Crippen LogP contribution in [0.4, 0.5) is 5.69 Å². The minimum Gasteiger partial charge on any atom is -0.387 e. The highest BCUT2D eigenvalue weighted by Crippen LogP contribution is 2.17. The van der Waals surface area contributed by atoms with Gasteiger partial charge in [0.2, 0.25) is 5.91 Å². The molecule has 0 aliphatic heterocycles. The number of carbonyl (C=O) groups is 1. The molecule has 0 aromatic heterocycles. The van der Waals surface area contributed by atoms with E-state index in [2.05, 4.69) is 5.32 Å². The Morgan fingerprint density at radius 2 is 2.06 bits per heavy atom. The van der Waals surface area contributed by atoms with Crippen molar-refractivity contribution in [2.75, 3.05) is 6.61 Å². The molecule has 0 heterocycles. The number of amides is 1. The number of non-ortho nitro benzene ring substituents is 1. The van der Waals surface area contributed by atoms with Crippen molar-refractivity contribution in [2.45, 2.75) is 13.0 Å². The lowest BCUT2D eigenvalue weighted by Crippen LogP contribution is -2.28. The Kier molecular flexibility index (Phi) is 3.96. The van der Waals surface area contributed by atoms with Gasteiger partial charge in [-0.25, -0.2) is 0 Å². The van der Waals surface area contributed by atoms with Gasteiger partial charge in [-0.15, -0.1) is 0 Å². The Labute approximate surface area is 92.0 Å². The van der Waals surface area contributed by atoms with Crippen LogP contribution in [0.2, 0.25) is 0 Å². The van der Waals surface area contributed by atoms with Crippen LogP contribution in [0.15, 0.2) is 24.3 Å². The maximum absolute atomic E-state index is 10.9. The zero-order chi connectivity index (χ0) is 12.1. The standard InChI is InChI=1S/C10H12N2O4/c1-7(11-10(14)6-13)8-2-4-9(5-3-8)12(15)16/h2-5,7,13H,6H2,1H3,(H,11,14). The molecule has 2 N–H and O–H groups in total. The predicted molar refractivity (Wildman–Crippen MR) is 56.7 cm³/mol. The molecule has 1 aromatic carbocycles. The number of carbonyl (C=O) groups excluding carboxylic acids is 1. The van der Waals surface area contributed by atoms with Gasteiger partial charge in [0.25, 0.3) is 5.69 Å². The lowest BCUT2D eigenvalue weighted by Gasteiger charge is -2.12. The van der Waals surface area contributed by atoms with Crippen molar-refractivity contribution in [1.29, 1.82) is 0 Å². The van der Waals surface area contributed by atoms with Crippen molar-refractivity contribution in [3.63, 3.8) is 0 Å².